The van der Waals surface area contributed by atoms with Crippen molar-refractivity contribution in [2.45, 2.75) is 13.0 Å². The molecular weight excluding hydrogens is 238 g/mol. The Balaban J connectivity index is 2.23. The van der Waals surface area contributed by atoms with Gasteiger partial charge in [-0.05, 0) is 31.2 Å². The molecule has 0 radical (unpaired) electrons. The number of carbonyl (C=O) groups excluding carboxylic acids is 2. The van der Waals surface area contributed by atoms with Gasteiger partial charge in [0, 0.05) is 5.56 Å². The van der Waals surface area contributed by atoms with Gasteiger partial charge in [-0.1, -0.05) is 0 Å². The predicted octanol–water partition coefficient (Wildman–Crippen LogP) is 1.37. The Morgan fingerprint density at radius 3 is 2.28 bits per heavy atom. The van der Waals surface area contributed by atoms with E-state index in [2.05, 4.69) is 0 Å². The summed E-state index contributed by atoms with van der Waals surface area (Å²) in [5.74, 6) is -1.55. The number of carboxylic acids is 1. The third-order valence-corrected chi connectivity index (χ3v) is 2.68. The highest BCUT2D eigenvalue weighted by Crippen LogP contribution is 2.16. The number of benzene rings is 1. The highest BCUT2D eigenvalue weighted by Gasteiger charge is 2.35. The van der Waals surface area contributed by atoms with E-state index >= 15 is 0 Å². The summed E-state index contributed by atoms with van der Waals surface area (Å²) in [5, 5.41) is 8.74. The lowest BCUT2D eigenvalue weighted by molar-refractivity contribution is 0.0694. The van der Waals surface area contributed by atoms with Gasteiger partial charge in [0.1, 0.15) is 6.61 Å². The first kappa shape index (κ1) is 12.1. The Morgan fingerprint density at radius 2 is 1.83 bits per heavy atom. The van der Waals surface area contributed by atoms with Gasteiger partial charge in [0.25, 0.3) is 5.91 Å². The molecule has 1 heterocycles. The highest BCUT2D eigenvalue weighted by molar-refractivity contribution is 6.04. The Labute approximate surface area is 103 Å². The lowest BCUT2D eigenvalue weighted by Gasteiger charge is -2.15. The quantitative estimate of drug-likeness (QED) is 0.855. The summed E-state index contributed by atoms with van der Waals surface area (Å²) in [7, 11) is 0. The predicted molar refractivity (Wildman–Crippen MR) is 60.4 cm³/mol. The van der Waals surface area contributed by atoms with E-state index < -0.39 is 18.0 Å². The molecule has 1 saturated heterocycles. The second-order valence-corrected chi connectivity index (χ2v) is 3.98. The van der Waals surface area contributed by atoms with Crippen LogP contribution in [0.15, 0.2) is 24.3 Å². The zero-order valence-corrected chi connectivity index (χ0v) is 9.62. The Bertz CT molecular complexity index is 508. The molecule has 1 N–H and O–H groups in total. The molecule has 1 aliphatic rings. The lowest BCUT2D eigenvalue weighted by Crippen LogP contribution is -2.37. The molecule has 2 rings (SSSR count). The van der Waals surface area contributed by atoms with Crippen molar-refractivity contribution in [2.24, 2.45) is 0 Å². The van der Waals surface area contributed by atoms with Crippen LogP contribution in [0.3, 0.4) is 0 Å². The number of aromatic carboxylic acids is 1. The largest absolute Gasteiger partial charge is 0.478 e. The monoisotopic (exact) mass is 249 g/mol. The molecule has 0 aliphatic carbocycles. The molecule has 0 bridgehead atoms. The van der Waals surface area contributed by atoms with Gasteiger partial charge in [-0.3, -0.25) is 4.79 Å². The van der Waals surface area contributed by atoms with Gasteiger partial charge in [-0.25, -0.2) is 14.5 Å². The van der Waals surface area contributed by atoms with Crippen LogP contribution >= 0.6 is 0 Å². The maximum absolute atomic E-state index is 12.0. The number of amides is 2. The fourth-order valence-electron chi connectivity index (χ4n) is 1.69. The van der Waals surface area contributed by atoms with Crippen LogP contribution in [0, 0.1) is 0 Å². The third-order valence-electron chi connectivity index (χ3n) is 2.68. The molecule has 0 unspecified atom stereocenters. The molecule has 0 saturated carbocycles. The molecule has 1 aliphatic heterocycles. The SMILES string of the molecule is C[C@H]1COC(=O)N1C(=O)c1ccc(C(=O)O)cc1. The van der Waals surface area contributed by atoms with Crippen LogP contribution < -0.4 is 0 Å². The van der Waals surface area contributed by atoms with E-state index in [-0.39, 0.29) is 23.8 Å². The zero-order valence-electron chi connectivity index (χ0n) is 9.62. The van der Waals surface area contributed by atoms with E-state index in [1.165, 1.54) is 24.3 Å². The number of ether oxygens (including phenoxy) is 1. The van der Waals surface area contributed by atoms with Crippen molar-refractivity contribution >= 4 is 18.0 Å². The average Bonchev–Trinajstić information content (AvgIpc) is 2.68. The molecule has 1 atom stereocenters. The molecule has 1 fully saturated rings. The minimum Gasteiger partial charge on any atom is -0.478 e. The summed E-state index contributed by atoms with van der Waals surface area (Å²) >= 11 is 0. The third kappa shape index (κ3) is 2.04. The van der Waals surface area contributed by atoms with Gasteiger partial charge in [0.15, 0.2) is 0 Å². The van der Waals surface area contributed by atoms with E-state index in [1.807, 2.05) is 0 Å². The van der Waals surface area contributed by atoms with Crippen LogP contribution in [0.1, 0.15) is 27.6 Å². The van der Waals surface area contributed by atoms with Gasteiger partial charge in [0.2, 0.25) is 0 Å². The van der Waals surface area contributed by atoms with E-state index in [0.29, 0.717) is 0 Å². The van der Waals surface area contributed by atoms with E-state index in [1.54, 1.807) is 6.92 Å². The van der Waals surface area contributed by atoms with Gasteiger partial charge >= 0.3 is 12.1 Å². The number of carbonyl (C=O) groups is 3. The number of nitrogens with zero attached hydrogens (tertiary/aromatic N) is 1. The first-order valence-electron chi connectivity index (χ1n) is 5.34. The molecular formula is C12H11NO5. The fraction of sp³-hybridized carbons (Fsp3) is 0.250. The van der Waals surface area contributed by atoms with Gasteiger partial charge < -0.3 is 9.84 Å². The zero-order chi connectivity index (χ0) is 13.3. The van der Waals surface area contributed by atoms with Crippen LogP contribution in [0.5, 0.6) is 0 Å². The highest BCUT2D eigenvalue weighted by atomic mass is 16.6. The van der Waals surface area contributed by atoms with E-state index in [4.69, 9.17) is 9.84 Å². The number of carboxylic acid groups (broad SMARTS) is 1. The Kier molecular flexibility index (Phi) is 3.01. The van der Waals surface area contributed by atoms with Crippen molar-refractivity contribution in [2.75, 3.05) is 6.61 Å². The van der Waals surface area contributed by atoms with Crippen LogP contribution in [0.2, 0.25) is 0 Å². The van der Waals surface area contributed by atoms with Crippen LogP contribution in [-0.2, 0) is 4.74 Å². The topological polar surface area (TPSA) is 83.9 Å². The molecule has 6 nitrogen and oxygen atoms in total. The summed E-state index contributed by atoms with van der Waals surface area (Å²) in [6, 6.07) is 5.08. The van der Waals surface area contributed by atoms with Gasteiger partial charge in [-0.15, -0.1) is 0 Å². The summed E-state index contributed by atoms with van der Waals surface area (Å²) in [6.07, 6.45) is -0.671. The van der Waals surface area contributed by atoms with Crippen LogP contribution in [0.4, 0.5) is 4.79 Å². The molecule has 6 heteroatoms. The second-order valence-electron chi connectivity index (χ2n) is 3.98. The second kappa shape index (κ2) is 4.48. The number of rotatable bonds is 2. The van der Waals surface area contributed by atoms with Crippen molar-refractivity contribution < 1.29 is 24.2 Å². The normalized spacial score (nSPS) is 18.6. The fourth-order valence-corrected chi connectivity index (χ4v) is 1.69. The molecule has 1 aromatic rings. The molecule has 0 aromatic heterocycles. The summed E-state index contributed by atoms with van der Waals surface area (Å²) in [4.78, 5) is 35.1. The maximum Gasteiger partial charge on any atom is 0.417 e. The van der Waals surface area contributed by atoms with Crippen molar-refractivity contribution in [1.29, 1.82) is 0 Å². The number of imide groups is 1. The van der Waals surface area contributed by atoms with Crippen molar-refractivity contribution in [3.63, 3.8) is 0 Å². The minimum absolute atomic E-state index is 0.0867. The number of hydrogen-bond donors (Lipinski definition) is 1. The number of hydrogen-bond acceptors (Lipinski definition) is 4. The van der Waals surface area contributed by atoms with E-state index in [9.17, 15) is 14.4 Å². The van der Waals surface area contributed by atoms with Gasteiger partial charge in [0.05, 0.1) is 11.6 Å². The first-order chi connectivity index (χ1) is 8.50. The summed E-state index contributed by atoms with van der Waals surface area (Å²) in [5.41, 5.74) is 0.342. The van der Waals surface area contributed by atoms with E-state index in [0.717, 1.165) is 4.90 Å². The summed E-state index contributed by atoms with van der Waals surface area (Å²) in [6.45, 7) is 1.88. The molecule has 2 amide bonds. The van der Waals surface area contributed by atoms with Crippen molar-refractivity contribution in [1.82, 2.24) is 4.90 Å². The smallest absolute Gasteiger partial charge is 0.417 e. The standard InChI is InChI=1S/C12H11NO5/c1-7-6-18-12(17)13(7)10(14)8-2-4-9(5-3-8)11(15)16/h2-5,7H,6H2,1H3,(H,15,16)/t7-/m0/s1. The Morgan fingerprint density at radius 1 is 1.28 bits per heavy atom. The average molecular weight is 249 g/mol. The summed E-state index contributed by atoms with van der Waals surface area (Å²) < 4.78 is 4.75. The van der Waals surface area contributed by atoms with Gasteiger partial charge in [-0.2, -0.15) is 0 Å². The van der Waals surface area contributed by atoms with Crippen LogP contribution in [-0.4, -0.2) is 40.6 Å². The maximum atomic E-state index is 12.0. The first-order valence-corrected chi connectivity index (χ1v) is 5.34. The molecule has 18 heavy (non-hydrogen) atoms. The number of cyclic esters (lactones) is 1. The molecule has 1 aromatic carbocycles. The van der Waals surface area contributed by atoms with Crippen LogP contribution in [0.25, 0.3) is 0 Å². The van der Waals surface area contributed by atoms with Crippen molar-refractivity contribution in [3.8, 4) is 0 Å². The molecule has 94 valence electrons. The molecule has 0 spiro atoms. The minimum atomic E-state index is -1.07. The Hall–Kier alpha value is -2.37. The lowest BCUT2D eigenvalue weighted by atomic mass is 10.1. The van der Waals surface area contributed by atoms with Crippen molar-refractivity contribution in [3.05, 3.63) is 35.4 Å².